The zero-order valence-corrected chi connectivity index (χ0v) is 7.14. The molecule has 0 radical (unpaired) electrons. The minimum absolute atomic E-state index is 0.134. The Morgan fingerprint density at radius 1 is 1.50 bits per heavy atom. The molecule has 2 rings (SSSR count). The van der Waals surface area contributed by atoms with Gasteiger partial charge in [-0.1, -0.05) is 5.16 Å². The summed E-state index contributed by atoms with van der Waals surface area (Å²) >= 11 is 0. The van der Waals surface area contributed by atoms with Gasteiger partial charge in [-0.25, -0.2) is 4.98 Å². The zero-order valence-electron chi connectivity index (χ0n) is 7.14. The monoisotopic (exact) mass is 194 g/mol. The first-order chi connectivity index (χ1) is 6.81. The fraction of sp³-hybridized carbons (Fsp3) is 0.125. The van der Waals surface area contributed by atoms with Gasteiger partial charge in [-0.3, -0.25) is 0 Å². The summed E-state index contributed by atoms with van der Waals surface area (Å²) < 4.78 is 17.9. The molecule has 0 aliphatic heterocycles. The molecule has 0 unspecified atom stereocenters. The molecule has 0 aliphatic carbocycles. The Hall–Kier alpha value is -1.82. The number of aromatic nitrogens is 3. The van der Waals surface area contributed by atoms with Gasteiger partial charge in [0.2, 0.25) is 17.7 Å². The lowest BCUT2D eigenvalue weighted by atomic mass is 10.3. The van der Waals surface area contributed by atoms with E-state index in [1.807, 2.05) is 0 Å². The molecule has 2 aromatic heterocycles. The number of rotatable bonds is 2. The first kappa shape index (κ1) is 8.76. The highest BCUT2D eigenvalue weighted by molar-refractivity contribution is 5.52. The lowest BCUT2D eigenvalue weighted by Crippen LogP contribution is -1.96. The summed E-state index contributed by atoms with van der Waals surface area (Å²) in [6, 6.07) is 3.12. The third-order valence-corrected chi connectivity index (χ3v) is 1.64. The van der Waals surface area contributed by atoms with E-state index in [-0.39, 0.29) is 23.8 Å². The van der Waals surface area contributed by atoms with Crippen LogP contribution in [0.2, 0.25) is 0 Å². The predicted molar refractivity (Wildman–Crippen MR) is 45.4 cm³/mol. The SMILES string of the molecule is NCc1nc(-c2cccnc2F)no1. The van der Waals surface area contributed by atoms with Crippen LogP contribution in [0.4, 0.5) is 4.39 Å². The molecule has 2 aromatic rings. The first-order valence-corrected chi connectivity index (χ1v) is 3.95. The molecule has 0 spiro atoms. The molecule has 0 aromatic carbocycles. The maximum Gasteiger partial charge on any atom is 0.240 e. The molecule has 0 fully saturated rings. The Kier molecular flexibility index (Phi) is 2.19. The van der Waals surface area contributed by atoms with Crippen molar-refractivity contribution in [3.63, 3.8) is 0 Å². The minimum Gasteiger partial charge on any atom is -0.338 e. The van der Waals surface area contributed by atoms with Gasteiger partial charge >= 0.3 is 0 Å². The number of pyridine rings is 1. The standard InChI is InChI=1S/C8H7FN4O/c9-7-5(2-1-3-11-7)8-12-6(4-10)14-13-8/h1-3H,4,10H2. The lowest BCUT2D eigenvalue weighted by molar-refractivity contribution is 0.380. The Labute approximate surface area is 78.8 Å². The fourth-order valence-electron chi connectivity index (χ4n) is 1.00. The second-order valence-electron chi connectivity index (χ2n) is 2.56. The lowest BCUT2D eigenvalue weighted by Gasteiger charge is -1.93. The maximum absolute atomic E-state index is 13.1. The molecule has 0 amide bonds. The van der Waals surface area contributed by atoms with Crippen molar-refractivity contribution < 1.29 is 8.91 Å². The van der Waals surface area contributed by atoms with Crippen LogP contribution in [-0.4, -0.2) is 15.1 Å². The average Bonchev–Trinajstić information content (AvgIpc) is 2.67. The normalized spacial score (nSPS) is 10.4. The van der Waals surface area contributed by atoms with Gasteiger partial charge in [0.1, 0.15) is 0 Å². The minimum atomic E-state index is -0.628. The van der Waals surface area contributed by atoms with E-state index in [9.17, 15) is 4.39 Å². The van der Waals surface area contributed by atoms with Gasteiger partial charge in [0, 0.05) is 6.20 Å². The van der Waals surface area contributed by atoms with Crippen molar-refractivity contribution in [1.29, 1.82) is 0 Å². The van der Waals surface area contributed by atoms with Gasteiger partial charge < -0.3 is 10.3 Å². The van der Waals surface area contributed by atoms with Crippen LogP contribution in [-0.2, 0) is 6.54 Å². The second-order valence-corrected chi connectivity index (χ2v) is 2.56. The Morgan fingerprint density at radius 2 is 2.36 bits per heavy atom. The van der Waals surface area contributed by atoms with Crippen LogP contribution >= 0.6 is 0 Å². The van der Waals surface area contributed by atoms with E-state index in [2.05, 4.69) is 15.1 Å². The van der Waals surface area contributed by atoms with Gasteiger partial charge in [-0.05, 0) is 12.1 Å². The topological polar surface area (TPSA) is 77.8 Å². The zero-order chi connectivity index (χ0) is 9.97. The van der Waals surface area contributed by atoms with Crippen molar-refractivity contribution in [3.8, 4) is 11.4 Å². The van der Waals surface area contributed by atoms with E-state index in [1.54, 1.807) is 6.07 Å². The van der Waals surface area contributed by atoms with Gasteiger partial charge in [-0.2, -0.15) is 9.37 Å². The Bertz CT molecular complexity index is 442. The summed E-state index contributed by atoms with van der Waals surface area (Å²) in [5.41, 5.74) is 5.48. The molecule has 5 nitrogen and oxygen atoms in total. The molecule has 72 valence electrons. The van der Waals surface area contributed by atoms with Crippen LogP contribution in [0.1, 0.15) is 5.89 Å². The third-order valence-electron chi connectivity index (χ3n) is 1.64. The Balaban J connectivity index is 2.44. The van der Waals surface area contributed by atoms with Crippen molar-refractivity contribution in [2.45, 2.75) is 6.54 Å². The van der Waals surface area contributed by atoms with Crippen molar-refractivity contribution >= 4 is 0 Å². The van der Waals surface area contributed by atoms with E-state index in [1.165, 1.54) is 12.3 Å². The third kappa shape index (κ3) is 1.47. The largest absolute Gasteiger partial charge is 0.338 e. The molecule has 0 saturated heterocycles. The van der Waals surface area contributed by atoms with Crippen LogP contribution in [0.25, 0.3) is 11.4 Å². The number of nitrogens with two attached hydrogens (primary N) is 1. The fourth-order valence-corrected chi connectivity index (χ4v) is 1.00. The van der Waals surface area contributed by atoms with Crippen molar-refractivity contribution in [2.75, 3.05) is 0 Å². The van der Waals surface area contributed by atoms with E-state index in [4.69, 9.17) is 10.3 Å². The molecular formula is C8H7FN4O. The summed E-state index contributed by atoms with van der Waals surface area (Å²) in [4.78, 5) is 7.35. The number of halogens is 1. The summed E-state index contributed by atoms with van der Waals surface area (Å²) in [6.45, 7) is 0.134. The summed E-state index contributed by atoms with van der Waals surface area (Å²) in [5, 5.41) is 3.57. The molecule has 2 heterocycles. The summed E-state index contributed by atoms with van der Waals surface area (Å²) in [5.74, 6) is -0.198. The molecule has 0 aliphatic rings. The maximum atomic E-state index is 13.1. The summed E-state index contributed by atoms with van der Waals surface area (Å²) in [6.07, 6.45) is 1.35. The van der Waals surface area contributed by atoms with E-state index in [0.29, 0.717) is 0 Å². The first-order valence-electron chi connectivity index (χ1n) is 3.95. The highest BCUT2D eigenvalue weighted by Gasteiger charge is 2.11. The molecule has 0 bridgehead atoms. The number of nitrogens with zero attached hydrogens (tertiary/aromatic N) is 3. The van der Waals surface area contributed by atoms with Crippen LogP contribution in [0.15, 0.2) is 22.9 Å². The van der Waals surface area contributed by atoms with E-state index in [0.717, 1.165) is 0 Å². The number of hydrogen-bond acceptors (Lipinski definition) is 5. The molecule has 6 heteroatoms. The molecular weight excluding hydrogens is 187 g/mol. The number of hydrogen-bond donors (Lipinski definition) is 1. The van der Waals surface area contributed by atoms with Crippen molar-refractivity contribution in [3.05, 3.63) is 30.2 Å². The molecule has 0 saturated carbocycles. The average molecular weight is 194 g/mol. The molecule has 2 N–H and O–H groups in total. The van der Waals surface area contributed by atoms with Gasteiger partial charge in [-0.15, -0.1) is 0 Å². The Morgan fingerprint density at radius 3 is 3.00 bits per heavy atom. The quantitative estimate of drug-likeness (QED) is 0.713. The van der Waals surface area contributed by atoms with Crippen LogP contribution < -0.4 is 5.73 Å². The highest BCUT2D eigenvalue weighted by atomic mass is 19.1. The second kappa shape index (κ2) is 3.51. The van der Waals surface area contributed by atoms with Crippen LogP contribution in [0.3, 0.4) is 0 Å². The van der Waals surface area contributed by atoms with Crippen molar-refractivity contribution in [2.24, 2.45) is 5.73 Å². The predicted octanol–water partition coefficient (Wildman–Crippen LogP) is 0.729. The van der Waals surface area contributed by atoms with Crippen molar-refractivity contribution in [1.82, 2.24) is 15.1 Å². The smallest absolute Gasteiger partial charge is 0.240 e. The summed E-state index contributed by atoms with van der Waals surface area (Å²) in [7, 11) is 0. The molecule has 0 atom stereocenters. The van der Waals surface area contributed by atoms with Crippen LogP contribution in [0, 0.1) is 5.95 Å². The highest BCUT2D eigenvalue weighted by Crippen LogP contribution is 2.16. The van der Waals surface area contributed by atoms with E-state index < -0.39 is 5.95 Å². The van der Waals surface area contributed by atoms with Gasteiger partial charge in [0.25, 0.3) is 0 Å². The van der Waals surface area contributed by atoms with Gasteiger partial charge in [0.15, 0.2) is 0 Å². The van der Waals surface area contributed by atoms with Gasteiger partial charge in [0.05, 0.1) is 12.1 Å². The van der Waals surface area contributed by atoms with Crippen LogP contribution in [0.5, 0.6) is 0 Å². The van der Waals surface area contributed by atoms with E-state index >= 15 is 0 Å². The molecule has 14 heavy (non-hydrogen) atoms.